The Morgan fingerprint density at radius 1 is 1.00 bits per heavy atom. The molecule has 1 amide bonds. The zero-order chi connectivity index (χ0) is 18.1. The van der Waals surface area contributed by atoms with Gasteiger partial charge in [0.1, 0.15) is 6.61 Å². The number of aliphatic carboxylic acids is 1. The summed E-state index contributed by atoms with van der Waals surface area (Å²) in [5.74, 6) is -1.37. The molecule has 5 heteroatoms. The molecule has 2 atom stereocenters. The highest BCUT2D eigenvalue weighted by atomic mass is 16.5. The minimum atomic E-state index is -0.855. The first kappa shape index (κ1) is 16.6. The molecule has 26 heavy (non-hydrogen) atoms. The third-order valence-electron chi connectivity index (χ3n) is 5.48. The lowest BCUT2D eigenvalue weighted by molar-refractivity contribution is -0.142. The Balaban J connectivity index is 1.45. The highest BCUT2D eigenvalue weighted by Crippen LogP contribution is 2.44. The number of carboxylic acid groups (broad SMARTS) is 1. The lowest BCUT2D eigenvalue weighted by Crippen LogP contribution is -2.40. The average Bonchev–Trinajstić information content (AvgIpc) is 3.23. The largest absolute Gasteiger partial charge is 0.481 e. The summed E-state index contributed by atoms with van der Waals surface area (Å²) in [4.78, 5) is 23.5. The Morgan fingerprint density at radius 3 is 2.23 bits per heavy atom. The molecule has 0 heterocycles. The Morgan fingerprint density at radius 2 is 1.62 bits per heavy atom. The van der Waals surface area contributed by atoms with Crippen LogP contribution in [0.1, 0.15) is 36.3 Å². The van der Waals surface area contributed by atoms with Gasteiger partial charge in [-0.15, -0.1) is 0 Å². The van der Waals surface area contributed by atoms with E-state index in [1.54, 1.807) is 0 Å². The second-order valence-corrected chi connectivity index (χ2v) is 6.95. The van der Waals surface area contributed by atoms with E-state index >= 15 is 0 Å². The second-order valence-electron chi connectivity index (χ2n) is 6.95. The first-order valence-corrected chi connectivity index (χ1v) is 8.99. The van der Waals surface area contributed by atoms with Crippen LogP contribution in [0.2, 0.25) is 0 Å². The quantitative estimate of drug-likeness (QED) is 0.879. The van der Waals surface area contributed by atoms with Crippen LogP contribution in [0, 0.1) is 5.92 Å². The van der Waals surface area contributed by atoms with E-state index in [-0.39, 0.29) is 18.6 Å². The van der Waals surface area contributed by atoms with Crippen molar-refractivity contribution in [2.75, 3.05) is 6.61 Å². The van der Waals surface area contributed by atoms with Gasteiger partial charge in [0.05, 0.1) is 5.92 Å². The summed E-state index contributed by atoms with van der Waals surface area (Å²) in [5, 5.41) is 12.0. The molecule has 1 fully saturated rings. The smallest absolute Gasteiger partial charge is 0.407 e. The molecule has 2 aromatic rings. The number of hydrogen-bond donors (Lipinski definition) is 2. The summed E-state index contributed by atoms with van der Waals surface area (Å²) in [7, 11) is 0. The number of nitrogens with one attached hydrogen (secondary N) is 1. The van der Waals surface area contributed by atoms with Crippen molar-refractivity contribution in [1.29, 1.82) is 0 Å². The van der Waals surface area contributed by atoms with Crippen molar-refractivity contribution in [2.45, 2.75) is 31.2 Å². The summed E-state index contributed by atoms with van der Waals surface area (Å²) in [6.45, 7) is 0.240. The molecule has 1 saturated carbocycles. The van der Waals surface area contributed by atoms with Crippen molar-refractivity contribution in [1.82, 2.24) is 5.32 Å². The maximum Gasteiger partial charge on any atom is 0.407 e. The highest BCUT2D eigenvalue weighted by Gasteiger charge is 2.35. The number of carbonyl (C=O) groups excluding carboxylic acids is 1. The van der Waals surface area contributed by atoms with Gasteiger partial charge in [-0.2, -0.15) is 0 Å². The van der Waals surface area contributed by atoms with Crippen molar-refractivity contribution in [2.24, 2.45) is 5.92 Å². The third-order valence-corrected chi connectivity index (χ3v) is 5.48. The van der Waals surface area contributed by atoms with Gasteiger partial charge in [-0.05, 0) is 35.1 Å². The van der Waals surface area contributed by atoms with Crippen LogP contribution in [-0.4, -0.2) is 29.8 Å². The zero-order valence-corrected chi connectivity index (χ0v) is 14.4. The van der Waals surface area contributed by atoms with Crippen LogP contribution in [0.4, 0.5) is 4.79 Å². The first-order valence-electron chi connectivity index (χ1n) is 8.99. The monoisotopic (exact) mass is 351 g/mol. The normalized spacial score (nSPS) is 21.1. The number of hydrogen-bond acceptors (Lipinski definition) is 3. The van der Waals surface area contributed by atoms with Gasteiger partial charge in [0.2, 0.25) is 0 Å². The first-order chi connectivity index (χ1) is 12.6. The number of rotatable bonds is 4. The van der Waals surface area contributed by atoms with E-state index in [0.717, 1.165) is 17.5 Å². The number of alkyl carbamates (subject to hydrolysis) is 1. The summed E-state index contributed by atoms with van der Waals surface area (Å²) >= 11 is 0. The number of fused-ring (bicyclic) bond motifs is 3. The van der Waals surface area contributed by atoms with E-state index in [4.69, 9.17) is 4.74 Å². The minimum absolute atomic E-state index is 0.00648. The Kier molecular flexibility index (Phi) is 4.37. The third kappa shape index (κ3) is 2.94. The predicted molar refractivity (Wildman–Crippen MR) is 97.0 cm³/mol. The van der Waals surface area contributed by atoms with Crippen molar-refractivity contribution in [3.63, 3.8) is 0 Å². The molecule has 0 aromatic heterocycles. The second kappa shape index (κ2) is 6.83. The SMILES string of the molecule is O=C(N[C@@H]1CCC[C@H]1C(=O)O)OCC1c2ccccc2-c2ccccc21. The van der Waals surface area contributed by atoms with E-state index in [1.807, 2.05) is 24.3 Å². The number of benzene rings is 2. The van der Waals surface area contributed by atoms with Gasteiger partial charge in [-0.1, -0.05) is 55.0 Å². The van der Waals surface area contributed by atoms with Gasteiger partial charge < -0.3 is 15.2 Å². The van der Waals surface area contributed by atoms with Crippen molar-refractivity contribution in [3.05, 3.63) is 59.7 Å². The van der Waals surface area contributed by atoms with Crippen LogP contribution in [0.3, 0.4) is 0 Å². The van der Waals surface area contributed by atoms with Crippen molar-refractivity contribution < 1.29 is 19.4 Å². The zero-order valence-electron chi connectivity index (χ0n) is 14.4. The number of carboxylic acids is 1. The fourth-order valence-corrected chi connectivity index (χ4v) is 4.22. The number of amides is 1. The maximum absolute atomic E-state index is 12.2. The van der Waals surface area contributed by atoms with Gasteiger partial charge in [0.25, 0.3) is 0 Å². The highest BCUT2D eigenvalue weighted by molar-refractivity contribution is 5.79. The molecular formula is C21H21NO4. The molecule has 2 aromatic carbocycles. The molecule has 4 rings (SSSR count). The summed E-state index contributed by atoms with van der Waals surface area (Å²) in [6.07, 6.45) is 1.56. The molecule has 0 aliphatic heterocycles. The number of carbonyl (C=O) groups is 2. The fourth-order valence-electron chi connectivity index (χ4n) is 4.22. The standard InChI is InChI=1S/C21H21NO4/c23-20(24)17-10-5-11-19(17)22-21(25)26-12-18-15-8-3-1-6-13(15)14-7-2-4-9-16(14)18/h1-4,6-9,17-19H,5,10-12H2,(H,22,25)(H,23,24)/t17-,19-/m1/s1. The summed E-state index contributed by atoms with van der Waals surface area (Å²) in [5.41, 5.74) is 4.68. The van der Waals surface area contributed by atoms with Crippen LogP contribution in [-0.2, 0) is 9.53 Å². The molecular weight excluding hydrogens is 330 g/mol. The molecule has 0 saturated heterocycles. The van der Waals surface area contributed by atoms with Crippen LogP contribution >= 0.6 is 0 Å². The Hall–Kier alpha value is -2.82. The molecule has 134 valence electrons. The van der Waals surface area contributed by atoms with Gasteiger partial charge >= 0.3 is 12.1 Å². The van der Waals surface area contributed by atoms with Crippen LogP contribution in [0.5, 0.6) is 0 Å². The molecule has 0 unspecified atom stereocenters. The molecule has 2 aliphatic carbocycles. The lowest BCUT2D eigenvalue weighted by atomic mass is 9.98. The maximum atomic E-state index is 12.2. The molecule has 5 nitrogen and oxygen atoms in total. The van der Waals surface area contributed by atoms with Crippen molar-refractivity contribution in [3.8, 4) is 11.1 Å². The topological polar surface area (TPSA) is 75.6 Å². The average molecular weight is 351 g/mol. The molecule has 0 spiro atoms. The van der Waals surface area contributed by atoms with Crippen LogP contribution in [0.25, 0.3) is 11.1 Å². The predicted octanol–water partition coefficient (Wildman–Crippen LogP) is 3.78. The molecule has 0 bridgehead atoms. The Labute approximate surface area is 152 Å². The van der Waals surface area contributed by atoms with Crippen molar-refractivity contribution >= 4 is 12.1 Å². The minimum Gasteiger partial charge on any atom is -0.481 e. The van der Waals surface area contributed by atoms with E-state index in [2.05, 4.69) is 29.6 Å². The van der Waals surface area contributed by atoms with Gasteiger partial charge in [0.15, 0.2) is 0 Å². The van der Waals surface area contributed by atoms with E-state index < -0.39 is 18.0 Å². The summed E-state index contributed by atoms with van der Waals surface area (Å²) < 4.78 is 5.49. The lowest BCUT2D eigenvalue weighted by Gasteiger charge is -2.19. The van der Waals surface area contributed by atoms with Crippen LogP contribution in [0.15, 0.2) is 48.5 Å². The number of ether oxygens (including phenoxy) is 1. The molecule has 0 radical (unpaired) electrons. The van der Waals surface area contributed by atoms with Crippen LogP contribution < -0.4 is 5.32 Å². The molecule has 2 N–H and O–H groups in total. The summed E-state index contributed by atoms with van der Waals surface area (Å²) in [6, 6.07) is 16.0. The van der Waals surface area contributed by atoms with Gasteiger partial charge in [0, 0.05) is 12.0 Å². The Bertz CT molecular complexity index is 802. The van der Waals surface area contributed by atoms with E-state index in [1.165, 1.54) is 11.1 Å². The van der Waals surface area contributed by atoms with Gasteiger partial charge in [-0.3, -0.25) is 4.79 Å². The van der Waals surface area contributed by atoms with Gasteiger partial charge in [-0.25, -0.2) is 4.79 Å². The fraction of sp³-hybridized carbons (Fsp3) is 0.333. The molecule has 2 aliphatic rings. The van der Waals surface area contributed by atoms with E-state index in [0.29, 0.717) is 12.8 Å². The van der Waals surface area contributed by atoms with E-state index in [9.17, 15) is 14.7 Å².